The number of carbonyl (C=O) groups excluding carboxylic acids is 1. The Morgan fingerprint density at radius 1 is 1.15 bits per heavy atom. The summed E-state index contributed by atoms with van der Waals surface area (Å²) in [5.41, 5.74) is 6.68. The predicted molar refractivity (Wildman–Crippen MR) is 81.3 cm³/mol. The predicted octanol–water partition coefficient (Wildman–Crippen LogP) is 3.57. The van der Waals surface area contributed by atoms with Gasteiger partial charge < -0.3 is 10.5 Å². The summed E-state index contributed by atoms with van der Waals surface area (Å²) in [5.74, 6) is -0.266. The van der Waals surface area contributed by atoms with Crippen molar-refractivity contribution in [2.45, 2.75) is 38.8 Å². The molecule has 3 nitrogen and oxygen atoms in total. The number of carbonyl (C=O) groups is 1. The van der Waals surface area contributed by atoms with Crippen LogP contribution in [-0.4, -0.2) is 11.6 Å². The maximum Gasteiger partial charge on any atom is 0.308 e. The zero-order valence-corrected chi connectivity index (χ0v) is 12.2. The van der Waals surface area contributed by atoms with E-state index in [1.54, 1.807) is 0 Å². The molecule has 0 aliphatic heterocycles. The van der Waals surface area contributed by atoms with Gasteiger partial charge in [0.1, 0.15) is 5.60 Å². The van der Waals surface area contributed by atoms with Crippen molar-refractivity contribution in [2.24, 2.45) is 5.73 Å². The van der Waals surface area contributed by atoms with Gasteiger partial charge in [0.15, 0.2) is 0 Å². The van der Waals surface area contributed by atoms with Crippen molar-refractivity contribution < 1.29 is 9.53 Å². The number of hydrogen-bond donors (Lipinski definition) is 1. The number of ether oxygens (including phenoxy) is 1. The van der Waals surface area contributed by atoms with Crippen LogP contribution >= 0.6 is 0 Å². The van der Waals surface area contributed by atoms with Gasteiger partial charge in [0, 0.05) is 6.04 Å². The maximum absolute atomic E-state index is 11.9. The molecular weight excluding hydrogens is 250 g/mol. The summed E-state index contributed by atoms with van der Waals surface area (Å²) in [6.07, 6.45) is 0.186. The zero-order chi connectivity index (χ0) is 14.8. The van der Waals surface area contributed by atoms with Gasteiger partial charge in [-0.15, -0.1) is 0 Å². The highest BCUT2D eigenvalue weighted by atomic mass is 16.6. The van der Waals surface area contributed by atoms with Gasteiger partial charge in [-0.05, 0) is 37.1 Å². The second-order valence-electron chi connectivity index (χ2n) is 5.97. The lowest BCUT2D eigenvalue weighted by molar-refractivity contribution is -0.155. The Balaban J connectivity index is 2.20. The molecule has 2 rings (SSSR count). The SMILES string of the molecule is CC(C)(C)OC(=O)CC(N)c1cccc2ccccc12. The molecule has 2 aromatic rings. The molecule has 2 N–H and O–H groups in total. The monoisotopic (exact) mass is 271 g/mol. The molecule has 0 saturated heterocycles. The van der Waals surface area contributed by atoms with Crippen LogP contribution in [-0.2, 0) is 9.53 Å². The fraction of sp³-hybridized carbons (Fsp3) is 0.353. The summed E-state index contributed by atoms with van der Waals surface area (Å²) in [6.45, 7) is 5.57. The summed E-state index contributed by atoms with van der Waals surface area (Å²) < 4.78 is 5.32. The van der Waals surface area contributed by atoms with Gasteiger partial charge in [-0.2, -0.15) is 0 Å². The lowest BCUT2D eigenvalue weighted by Crippen LogP contribution is -2.26. The Bertz CT molecular complexity index is 608. The van der Waals surface area contributed by atoms with E-state index >= 15 is 0 Å². The van der Waals surface area contributed by atoms with Crippen molar-refractivity contribution in [3.63, 3.8) is 0 Å². The molecule has 20 heavy (non-hydrogen) atoms. The van der Waals surface area contributed by atoms with Crippen LogP contribution in [0.4, 0.5) is 0 Å². The molecule has 0 fully saturated rings. The van der Waals surface area contributed by atoms with Crippen molar-refractivity contribution in [2.75, 3.05) is 0 Å². The van der Waals surface area contributed by atoms with Crippen LogP contribution in [0.1, 0.15) is 38.8 Å². The third-order valence-electron chi connectivity index (χ3n) is 3.03. The molecule has 3 heteroatoms. The topological polar surface area (TPSA) is 52.3 Å². The molecule has 0 bridgehead atoms. The molecule has 1 unspecified atom stereocenters. The minimum absolute atomic E-state index is 0.186. The number of esters is 1. The smallest absolute Gasteiger partial charge is 0.308 e. The highest BCUT2D eigenvalue weighted by molar-refractivity contribution is 5.86. The average Bonchev–Trinajstić information content (AvgIpc) is 2.35. The average molecular weight is 271 g/mol. The van der Waals surface area contributed by atoms with Crippen LogP contribution < -0.4 is 5.73 Å². The highest BCUT2D eigenvalue weighted by Crippen LogP contribution is 2.25. The van der Waals surface area contributed by atoms with E-state index < -0.39 is 5.60 Å². The van der Waals surface area contributed by atoms with E-state index in [0.29, 0.717) is 0 Å². The summed E-state index contributed by atoms with van der Waals surface area (Å²) in [4.78, 5) is 11.9. The lowest BCUT2D eigenvalue weighted by atomic mass is 9.97. The standard InChI is InChI=1S/C17H21NO2/c1-17(2,3)20-16(19)11-15(18)14-10-6-8-12-7-4-5-9-13(12)14/h4-10,15H,11,18H2,1-3H3. The lowest BCUT2D eigenvalue weighted by Gasteiger charge is -2.21. The third-order valence-corrected chi connectivity index (χ3v) is 3.03. The van der Waals surface area contributed by atoms with E-state index in [9.17, 15) is 4.79 Å². The highest BCUT2D eigenvalue weighted by Gasteiger charge is 2.20. The van der Waals surface area contributed by atoms with Crippen LogP contribution in [0.5, 0.6) is 0 Å². The summed E-state index contributed by atoms with van der Waals surface area (Å²) >= 11 is 0. The molecule has 0 aliphatic carbocycles. The van der Waals surface area contributed by atoms with Crippen LogP contribution in [0.25, 0.3) is 10.8 Å². The van der Waals surface area contributed by atoms with E-state index in [4.69, 9.17) is 10.5 Å². The van der Waals surface area contributed by atoms with Gasteiger partial charge in [0.25, 0.3) is 0 Å². The van der Waals surface area contributed by atoms with E-state index in [1.807, 2.05) is 63.2 Å². The van der Waals surface area contributed by atoms with E-state index in [-0.39, 0.29) is 18.4 Å². The normalized spacial score (nSPS) is 13.2. The molecule has 0 aromatic heterocycles. The van der Waals surface area contributed by atoms with Gasteiger partial charge in [-0.25, -0.2) is 0 Å². The molecule has 1 atom stereocenters. The van der Waals surface area contributed by atoms with Crippen molar-refractivity contribution in [3.05, 3.63) is 48.0 Å². The zero-order valence-electron chi connectivity index (χ0n) is 12.2. The Morgan fingerprint density at radius 2 is 1.80 bits per heavy atom. The summed E-state index contributed by atoms with van der Waals surface area (Å²) in [7, 11) is 0. The fourth-order valence-electron chi connectivity index (χ4n) is 2.25. The summed E-state index contributed by atoms with van der Waals surface area (Å²) in [6, 6.07) is 13.7. The third kappa shape index (κ3) is 3.58. The first-order chi connectivity index (χ1) is 9.37. The van der Waals surface area contributed by atoms with E-state index in [1.165, 1.54) is 0 Å². The number of benzene rings is 2. The van der Waals surface area contributed by atoms with Crippen LogP contribution in [0.3, 0.4) is 0 Å². The quantitative estimate of drug-likeness (QED) is 0.868. The number of fused-ring (bicyclic) bond motifs is 1. The van der Waals surface area contributed by atoms with Gasteiger partial charge in [-0.3, -0.25) is 4.79 Å². The van der Waals surface area contributed by atoms with Crippen LogP contribution in [0.2, 0.25) is 0 Å². The Kier molecular flexibility index (Phi) is 4.09. The molecule has 0 amide bonds. The Labute approximate surface area is 119 Å². The van der Waals surface area contributed by atoms with Crippen molar-refractivity contribution in [1.82, 2.24) is 0 Å². The second-order valence-corrected chi connectivity index (χ2v) is 5.97. The molecule has 0 radical (unpaired) electrons. The first-order valence-corrected chi connectivity index (χ1v) is 6.82. The van der Waals surface area contributed by atoms with Crippen LogP contribution in [0.15, 0.2) is 42.5 Å². The molecule has 0 saturated carbocycles. The van der Waals surface area contributed by atoms with E-state index in [0.717, 1.165) is 16.3 Å². The largest absolute Gasteiger partial charge is 0.460 e. The van der Waals surface area contributed by atoms with Crippen LogP contribution in [0, 0.1) is 0 Å². The number of rotatable bonds is 3. The fourth-order valence-corrected chi connectivity index (χ4v) is 2.25. The molecular formula is C17H21NO2. The first kappa shape index (κ1) is 14.5. The van der Waals surface area contributed by atoms with E-state index in [2.05, 4.69) is 0 Å². The van der Waals surface area contributed by atoms with Gasteiger partial charge >= 0.3 is 5.97 Å². The molecule has 106 valence electrons. The Hall–Kier alpha value is -1.87. The van der Waals surface area contributed by atoms with Gasteiger partial charge in [0.05, 0.1) is 6.42 Å². The summed E-state index contributed by atoms with van der Waals surface area (Å²) in [5, 5.41) is 2.22. The number of nitrogens with two attached hydrogens (primary N) is 1. The second kappa shape index (κ2) is 5.63. The Morgan fingerprint density at radius 3 is 2.50 bits per heavy atom. The minimum atomic E-state index is -0.477. The van der Waals surface area contributed by atoms with Gasteiger partial charge in [0.2, 0.25) is 0 Å². The van der Waals surface area contributed by atoms with Crippen molar-refractivity contribution >= 4 is 16.7 Å². The van der Waals surface area contributed by atoms with Crippen molar-refractivity contribution in [1.29, 1.82) is 0 Å². The number of hydrogen-bond acceptors (Lipinski definition) is 3. The molecule has 0 aliphatic rings. The van der Waals surface area contributed by atoms with Gasteiger partial charge in [-0.1, -0.05) is 42.5 Å². The first-order valence-electron chi connectivity index (χ1n) is 6.82. The molecule has 0 heterocycles. The molecule has 2 aromatic carbocycles. The maximum atomic E-state index is 11.9. The minimum Gasteiger partial charge on any atom is -0.460 e. The van der Waals surface area contributed by atoms with Crippen molar-refractivity contribution in [3.8, 4) is 0 Å². The molecule has 0 spiro atoms.